The van der Waals surface area contributed by atoms with Crippen molar-refractivity contribution < 1.29 is 14.3 Å². The maximum Gasteiger partial charge on any atom is 0.308 e. The molecule has 30 heavy (non-hydrogen) atoms. The van der Waals surface area contributed by atoms with Crippen molar-refractivity contribution in [2.75, 3.05) is 0 Å². The zero-order valence-electron chi connectivity index (χ0n) is 17.3. The van der Waals surface area contributed by atoms with E-state index in [0.717, 1.165) is 19.3 Å². The van der Waals surface area contributed by atoms with Crippen molar-refractivity contribution in [1.82, 2.24) is 15.0 Å². The number of carbonyl (C=O) groups excluding carboxylic acids is 2. The molecule has 0 N–H and O–H groups in total. The molecule has 4 saturated carbocycles. The topological polar surface area (TPSA) is 91.2 Å². The summed E-state index contributed by atoms with van der Waals surface area (Å²) in [5, 5.41) is 8.38. The number of aromatic nitrogens is 3. The Morgan fingerprint density at radius 1 is 1.13 bits per heavy atom. The summed E-state index contributed by atoms with van der Waals surface area (Å²) in [6.45, 7) is 1.77. The van der Waals surface area contributed by atoms with Gasteiger partial charge in [-0.2, -0.15) is 0 Å². The van der Waals surface area contributed by atoms with Crippen molar-refractivity contribution in [2.45, 2.75) is 64.5 Å². The van der Waals surface area contributed by atoms with Crippen molar-refractivity contribution in [1.29, 1.82) is 0 Å². The van der Waals surface area contributed by atoms with Crippen molar-refractivity contribution in [3.05, 3.63) is 34.6 Å². The predicted molar refractivity (Wildman–Crippen MR) is 110 cm³/mol. The maximum absolute atomic E-state index is 13.3. The molecular formula is C23H27N3O4. The second-order valence-electron chi connectivity index (χ2n) is 9.58. The average Bonchev–Trinajstić information content (AvgIpc) is 2.72. The normalized spacial score (nSPS) is 30.4. The first kappa shape index (κ1) is 19.4. The second-order valence-corrected chi connectivity index (χ2v) is 9.58. The van der Waals surface area contributed by atoms with E-state index >= 15 is 0 Å². The average molecular weight is 409 g/mol. The number of benzene rings is 1. The van der Waals surface area contributed by atoms with Crippen molar-refractivity contribution in [2.24, 2.45) is 23.2 Å². The van der Waals surface area contributed by atoms with Gasteiger partial charge in [-0.1, -0.05) is 17.3 Å². The number of nitrogens with zero attached hydrogens (tertiary/aromatic N) is 3. The number of hydrogen-bond donors (Lipinski definition) is 0. The minimum atomic E-state index is -0.742. The van der Waals surface area contributed by atoms with Crippen LogP contribution in [0.1, 0.15) is 51.9 Å². The highest BCUT2D eigenvalue weighted by Gasteiger charge is 2.55. The van der Waals surface area contributed by atoms with Gasteiger partial charge in [0.15, 0.2) is 11.9 Å². The molecule has 0 spiro atoms. The first-order chi connectivity index (χ1) is 14.4. The molecule has 1 aromatic carbocycles. The van der Waals surface area contributed by atoms with Crippen LogP contribution in [-0.4, -0.2) is 32.9 Å². The third kappa shape index (κ3) is 3.34. The molecule has 0 aliphatic heterocycles. The fraction of sp³-hybridized carbons (Fsp3) is 0.609. The molecule has 0 amide bonds. The summed E-state index contributed by atoms with van der Waals surface area (Å²) in [4.78, 5) is 38.1. The van der Waals surface area contributed by atoms with Gasteiger partial charge in [0.25, 0.3) is 5.56 Å². The Morgan fingerprint density at radius 2 is 1.77 bits per heavy atom. The molecule has 4 aliphatic rings. The van der Waals surface area contributed by atoms with Crippen LogP contribution >= 0.6 is 0 Å². The van der Waals surface area contributed by atoms with E-state index in [1.165, 1.54) is 23.9 Å². The lowest BCUT2D eigenvalue weighted by Crippen LogP contribution is -2.52. The first-order valence-corrected chi connectivity index (χ1v) is 11.0. The van der Waals surface area contributed by atoms with Crippen LogP contribution in [0.25, 0.3) is 10.9 Å². The molecule has 4 bridgehead atoms. The molecule has 4 aliphatic carbocycles. The molecule has 1 atom stereocenters. The third-order valence-electron chi connectivity index (χ3n) is 7.40. The van der Waals surface area contributed by atoms with Gasteiger partial charge in [0, 0.05) is 5.41 Å². The Hall–Kier alpha value is -2.57. The van der Waals surface area contributed by atoms with Crippen LogP contribution < -0.4 is 5.56 Å². The van der Waals surface area contributed by atoms with Crippen molar-refractivity contribution in [3.63, 3.8) is 0 Å². The van der Waals surface area contributed by atoms with Gasteiger partial charge in [0.05, 0.1) is 18.4 Å². The third-order valence-corrected chi connectivity index (χ3v) is 7.40. The van der Waals surface area contributed by atoms with E-state index in [2.05, 4.69) is 10.3 Å². The number of esters is 1. The zero-order valence-corrected chi connectivity index (χ0v) is 17.3. The van der Waals surface area contributed by atoms with E-state index in [1.54, 1.807) is 31.2 Å². The Kier molecular flexibility index (Phi) is 4.71. The summed E-state index contributed by atoms with van der Waals surface area (Å²) >= 11 is 0. The van der Waals surface area contributed by atoms with Crippen LogP contribution in [0, 0.1) is 23.2 Å². The lowest BCUT2D eigenvalue weighted by atomic mass is 9.48. The molecule has 7 nitrogen and oxygen atoms in total. The van der Waals surface area contributed by atoms with Gasteiger partial charge < -0.3 is 4.74 Å². The summed E-state index contributed by atoms with van der Waals surface area (Å²) in [5.41, 5.74) is -0.0444. The number of fused-ring (bicyclic) bond motifs is 1. The van der Waals surface area contributed by atoms with Gasteiger partial charge in [0.2, 0.25) is 0 Å². The predicted octanol–water partition coefficient (Wildman–Crippen LogP) is 2.90. The summed E-state index contributed by atoms with van der Waals surface area (Å²) in [5.74, 6) is 1.62. The van der Waals surface area contributed by atoms with E-state index < -0.39 is 12.1 Å². The highest BCUT2D eigenvalue weighted by atomic mass is 16.5. The molecule has 1 unspecified atom stereocenters. The number of Topliss-reactive ketones (excluding diaryl/α,β-unsaturated/α-hetero) is 1. The number of rotatable bonds is 6. The lowest BCUT2D eigenvalue weighted by Gasteiger charge is -2.56. The zero-order chi connectivity index (χ0) is 20.9. The van der Waals surface area contributed by atoms with Gasteiger partial charge >= 0.3 is 5.97 Å². The number of ketones is 1. The number of aryl methyl sites for hydroxylation is 1. The van der Waals surface area contributed by atoms with Crippen LogP contribution in [0.4, 0.5) is 0 Å². The summed E-state index contributed by atoms with van der Waals surface area (Å²) in [7, 11) is 0. The van der Waals surface area contributed by atoms with Crippen molar-refractivity contribution in [3.8, 4) is 0 Å². The number of hydrogen-bond acceptors (Lipinski definition) is 6. The molecule has 1 aromatic heterocycles. The highest BCUT2D eigenvalue weighted by molar-refractivity contribution is 5.90. The lowest BCUT2D eigenvalue weighted by molar-refractivity contribution is -0.165. The standard InChI is InChI=1S/C23H27N3O4/c1-14(21(28)23-11-15-8-16(12-23)10-17(9-15)13-23)30-20(27)6-7-26-22(29)18-4-2-3-5-19(18)24-25-26/h2-5,14-17H,6-13H2,1H3. The van der Waals surface area contributed by atoms with Crippen LogP contribution in [0.5, 0.6) is 0 Å². The van der Waals surface area contributed by atoms with E-state index in [9.17, 15) is 14.4 Å². The van der Waals surface area contributed by atoms with Gasteiger partial charge in [-0.05, 0) is 75.3 Å². The molecule has 2 aromatic rings. The van der Waals surface area contributed by atoms with Crippen molar-refractivity contribution >= 4 is 22.7 Å². The summed E-state index contributed by atoms with van der Waals surface area (Å²) in [6.07, 6.45) is 5.91. The molecule has 4 fully saturated rings. The van der Waals surface area contributed by atoms with Gasteiger partial charge in [0.1, 0.15) is 5.52 Å². The fourth-order valence-electron chi connectivity index (χ4n) is 6.52. The Morgan fingerprint density at radius 3 is 2.43 bits per heavy atom. The maximum atomic E-state index is 13.3. The minimum absolute atomic E-state index is 0.0224. The summed E-state index contributed by atoms with van der Waals surface area (Å²) in [6, 6.07) is 6.97. The Labute approximate surface area is 174 Å². The molecule has 158 valence electrons. The fourth-order valence-corrected chi connectivity index (χ4v) is 6.52. The smallest absolute Gasteiger partial charge is 0.308 e. The van der Waals surface area contributed by atoms with Crippen LogP contribution in [0.15, 0.2) is 29.1 Å². The monoisotopic (exact) mass is 409 g/mol. The molecule has 1 heterocycles. The Bertz CT molecular complexity index is 1020. The quantitative estimate of drug-likeness (QED) is 0.682. The number of ether oxygens (including phenoxy) is 1. The van der Waals surface area contributed by atoms with E-state index in [0.29, 0.717) is 28.7 Å². The van der Waals surface area contributed by atoms with Gasteiger partial charge in [-0.25, -0.2) is 4.68 Å². The van der Waals surface area contributed by atoms with Gasteiger partial charge in [-0.3, -0.25) is 14.4 Å². The highest BCUT2D eigenvalue weighted by Crippen LogP contribution is 2.60. The van der Waals surface area contributed by atoms with E-state index in [1.807, 2.05) is 0 Å². The second kappa shape index (κ2) is 7.29. The van der Waals surface area contributed by atoms with Crippen LogP contribution in [0.3, 0.4) is 0 Å². The first-order valence-electron chi connectivity index (χ1n) is 11.0. The largest absolute Gasteiger partial charge is 0.455 e. The molecule has 0 saturated heterocycles. The SMILES string of the molecule is CC(OC(=O)CCn1nnc2ccccc2c1=O)C(=O)C12CC3CC(CC(C3)C1)C2. The number of carbonyl (C=O) groups is 2. The Balaban J connectivity index is 1.21. The molecule has 6 rings (SSSR count). The van der Waals surface area contributed by atoms with E-state index in [4.69, 9.17) is 4.74 Å². The molecule has 0 radical (unpaired) electrons. The molecule has 7 heteroatoms. The summed E-state index contributed by atoms with van der Waals surface area (Å²) < 4.78 is 6.67. The molecular weight excluding hydrogens is 382 g/mol. The van der Waals surface area contributed by atoms with Crippen LogP contribution in [-0.2, 0) is 20.9 Å². The minimum Gasteiger partial charge on any atom is -0.455 e. The van der Waals surface area contributed by atoms with Crippen LogP contribution in [0.2, 0.25) is 0 Å². The van der Waals surface area contributed by atoms with E-state index in [-0.39, 0.29) is 29.7 Å². The van der Waals surface area contributed by atoms with Gasteiger partial charge in [-0.15, -0.1) is 5.10 Å².